The number of methoxy groups -OCH3 is 1. The average molecular weight is 308 g/mol. The van der Waals surface area contributed by atoms with Crippen molar-refractivity contribution in [3.8, 4) is 0 Å². The monoisotopic (exact) mass is 308 g/mol. The van der Waals surface area contributed by atoms with E-state index in [4.69, 9.17) is 4.74 Å². The lowest BCUT2D eigenvalue weighted by molar-refractivity contribution is 0.210. The van der Waals surface area contributed by atoms with Crippen LogP contribution in [0.3, 0.4) is 0 Å². The number of benzene rings is 2. The van der Waals surface area contributed by atoms with E-state index in [1.54, 1.807) is 7.11 Å². The molecule has 5 nitrogen and oxygen atoms in total. The number of para-hydroxylation sites is 1. The highest BCUT2D eigenvalue weighted by atomic mass is 16.5. The zero-order valence-electron chi connectivity index (χ0n) is 13.3. The molecule has 0 bridgehead atoms. The van der Waals surface area contributed by atoms with Crippen LogP contribution in [-0.2, 0) is 4.74 Å². The van der Waals surface area contributed by atoms with Crippen molar-refractivity contribution in [1.82, 2.24) is 9.97 Å². The standard InChI is InChI=1S/C18H20N4O/c1-13-6-5-7-14(12-13)20-18-21-16-9-4-3-8-15(16)17(22-18)19-10-11-23-2/h3-9,12H,10-11H2,1-2H3,(H2,19,20,21,22). The van der Waals surface area contributed by atoms with Crippen LogP contribution in [0.5, 0.6) is 0 Å². The summed E-state index contributed by atoms with van der Waals surface area (Å²) >= 11 is 0. The molecule has 1 heterocycles. The van der Waals surface area contributed by atoms with Crippen LogP contribution in [0.15, 0.2) is 48.5 Å². The maximum Gasteiger partial charge on any atom is 0.229 e. The Balaban J connectivity index is 1.93. The number of ether oxygens (including phenoxy) is 1. The van der Waals surface area contributed by atoms with E-state index in [1.807, 2.05) is 36.4 Å². The van der Waals surface area contributed by atoms with Crippen LogP contribution in [0, 0.1) is 6.92 Å². The normalized spacial score (nSPS) is 10.7. The summed E-state index contributed by atoms with van der Waals surface area (Å²) in [6.45, 7) is 3.38. The van der Waals surface area contributed by atoms with Crippen LogP contribution < -0.4 is 10.6 Å². The van der Waals surface area contributed by atoms with Gasteiger partial charge in [-0.3, -0.25) is 0 Å². The highest BCUT2D eigenvalue weighted by molar-refractivity contribution is 5.90. The van der Waals surface area contributed by atoms with Crippen LogP contribution >= 0.6 is 0 Å². The largest absolute Gasteiger partial charge is 0.383 e. The fourth-order valence-corrected chi connectivity index (χ4v) is 2.39. The topological polar surface area (TPSA) is 59.1 Å². The second-order valence-electron chi connectivity index (χ2n) is 5.33. The van der Waals surface area contributed by atoms with Gasteiger partial charge in [0.1, 0.15) is 5.82 Å². The van der Waals surface area contributed by atoms with Crippen LogP contribution in [0.1, 0.15) is 5.56 Å². The molecule has 118 valence electrons. The number of hydrogen-bond donors (Lipinski definition) is 2. The van der Waals surface area contributed by atoms with E-state index in [2.05, 4.69) is 39.7 Å². The lowest BCUT2D eigenvalue weighted by Gasteiger charge is -2.12. The van der Waals surface area contributed by atoms with Gasteiger partial charge < -0.3 is 15.4 Å². The van der Waals surface area contributed by atoms with Crippen LogP contribution in [0.25, 0.3) is 10.9 Å². The van der Waals surface area contributed by atoms with Crippen LogP contribution in [0.4, 0.5) is 17.5 Å². The number of aryl methyl sites for hydroxylation is 1. The Kier molecular flexibility index (Phi) is 4.68. The Morgan fingerprint density at radius 1 is 1.04 bits per heavy atom. The van der Waals surface area contributed by atoms with Gasteiger partial charge in [-0.2, -0.15) is 4.98 Å². The van der Waals surface area contributed by atoms with Crippen LogP contribution in [0.2, 0.25) is 0 Å². The van der Waals surface area contributed by atoms with Crippen molar-refractivity contribution in [2.75, 3.05) is 30.9 Å². The van der Waals surface area contributed by atoms with E-state index in [0.717, 1.165) is 22.4 Å². The first-order chi connectivity index (χ1) is 11.3. The van der Waals surface area contributed by atoms with Crippen molar-refractivity contribution < 1.29 is 4.74 Å². The fourth-order valence-electron chi connectivity index (χ4n) is 2.39. The van der Waals surface area contributed by atoms with Gasteiger partial charge in [-0.25, -0.2) is 4.98 Å². The molecule has 3 aromatic rings. The second kappa shape index (κ2) is 7.07. The molecule has 0 saturated heterocycles. The molecule has 23 heavy (non-hydrogen) atoms. The first-order valence-electron chi connectivity index (χ1n) is 7.59. The molecular formula is C18H20N4O. The number of hydrogen-bond acceptors (Lipinski definition) is 5. The minimum Gasteiger partial charge on any atom is -0.383 e. The molecule has 3 rings (SSSR count). The van der Waals surface area contributed by atoms with E-state index >= 15 is 0 Å². The summed E-state index contributed by atoms with van der Waals surface area (Å²) in [5.74, 6) is 1.39. The van der Waals surface area contributed by atoms with Gasteiger partial charge in [0.05, 0.1) is 12.1 Å². The average Bonchev–Trinajstić information content (AvgIpc) is 2.55. The summed E-state index contributed by atoms with van der Waals surface area (Å²) in [7, 11) is 1.69. The molecule has 0 spiro atoms. The maximum atomic E-state index is 5.09. The fraction of sp³-hybridized carbons (Fsp3) is 0.222. The quantitative estimate of drug-likeness (QED) is 0.679. The molecule has 2 aromatic carbocycles. The summed E-state index contributed by atoms with van der Waals surface area (Å²) in [5.41, 5.74) is 3.06. The third-order valence-electron chi connectivity index (χ3n) is 3.48. The molecule has 0 aliphatic rings. The summed E-state index contributed by atoms with van der Waals surface area (Å²) in [6, 6.07) is 16.1. The summed E-state index contributed by atoms with van der Waals surface area (Å²) < 4.78 is 5.09. The highest BCUT2D eigenvalue weighted by Gasteiger charge is 2.07. The van der Waals surface area contributed by atoms with Crippen molar-refractivity contribution >= 4 is 28.4 Å². The van der Waals surface area contributed by atoms with Crippen molar-refractivity contribution in [3.05, 3.63) is 54.1 Å². The van der Waals surface area contributed by atoms with Gasteiger partial charge in [0.25, 0.3) is 0 Å². The molecule has 0 amide bonds. The van der Waals surface area contributed by atoms with Gasteiger partial charge in [0.2, 0.25) is 5.95 Å². The number of nitrogens with one attached hydrogen (secondary N) is 2. The zero-order chi connectivity index (χ0) is 16.1. The van der Waals surface area contributed by atoms with Gasteiger partial charge >= 0.3 is 0 Å². The van der Waals surface area contributed by atoms with E-state index in [9.17, 15) is 0 Å². The van der Waals surface area contributed by atoms with Crippen molar-refractivity contribution in [2.45, 2.75) is 6.92 Å². The first-order valence-corrected chi connectivity index (χ1v) is 7.59. The third-order valence-corrected chi connectivity index (χ3v) is 3.48. The zero-order valence-corrected chi connectivity index (χ0v) is 13.3. The number of anilines is 3. The number of rotatable bonds is 6. The predicted molar refractivity (Wildman–Crippen MR) is 94.4 cm³/mol. The van der Waals surface area contributed by atoms with Gasteiger partial charge in [-0.15, -0.1) is 0 Å². The Labute approximate surface area is 135 Å². The minimum absolute atomic E-state index is 0.578. The molecule has 0 radical (unpaired) electrons. The van der Waals surface area contributed by atoms with E-state index in [-0.39, 0.29) is 0 Å². The Morgan fingerprint density at radius 2 is 1.91 bits per heavy atom. The Morgan fingerprint density at radius 3 is 2.74 bits per heavy atom. The summed E-state index contributed by atoms with van der Waals surface area (Å²) in [4.78, 5) is 9.20. The molecule has 0 fully saturated rings. The molecule has 0 aliphatic heterocycles. The number of aromatic nitrogens is 2. The van der Waals surface area contributed by atoms with Gasteiger partial charge in [-0.05, 0) is 36.8 Å². The molecule has 0 unspecified atom stereocenters. The predicted octanol–water partition coefficient (Wildman–Crippen LogP) is 3.74. The van der Waals surface area contributed by atoms with E-state index < -0.39 is 0 Å². The van der Waals surface area contributed by atoms with Crippen molar-refractivity contribution in [1.29, 1.82) is 0 Å². The number of nitrogens with zero attached hydrogens (tertiary/aromatic N) is 2. The molecule has 2 N–H and O–H groups in total. The lowest BCUT2D eigenvalue weighted by atomic mass is 10.2. The maximum absolute atomic E-state index is 5.09. The molecule has 1 aromatic heterocycles. The van der Waals surface area contributed by atoms with Crippen LogP contribution in [-0.4, -0.2) is 30.2 Å². The second-order valence-corrected chi connectivity index (χ2v) is 5.33. The van der Waals surface area contributed by atoms with Crippen molar-refractivity contribution in [2.24, 2.45) is 0 Å². The lowest BCUT2D eigenvalue weighted by Crippen LogP contribution is -2.10. The summed E-state index contributed by atoms with van der Waals surface area (Å²) in [6.07, 6.45) is 0. The molecule has 0 saturated carbocycles. The minimum atomic E-state index is 0.578. The van der Waals surface area contributed by atoms with Gasteiger partial charge in [0, 0.05) is 24.7 Å². The number of fused-ring (bicyclic) bond motifs is 1. The molecule has 0 aliphatic carbocycles. The van der Waals surface area contributed by atoms with E-state index in [0.29, 0.717) is 19.1 Å². The first kappa shape index (κ1) is 15.2. The third kappa shape index (κ3) is 3.76. The highest BCUT2D eigenvalue weighted by Crippen LogP contribution is 2.23. The SMILES string of the molecule is COCCNc1nc(Nc2cccc(C)c2)nc2ccccc12. The molecular weight excluding hydrogens is 288 g/mol. The smallest absolute Gasteiger partial charge is 0.229 e. The molecule has 5 heteroatoms. The van der Waals surface area contributed by atoms with Gasteiger partial charge in [-0.1, -0.05) is 24.3 Å². The Bertz CT molecular complexity index is 804. The van der Waals surface area contributed by atoms with E-state index in [1.165, 1.54) is 5.56 Å². The Hall–Kier alpha value is -2.66. The van der Waals surface area contributed by atoms with Gasteiger partial charge in [0.15, 0.2) is 0 Å². The molecule has 0 atom stereocenters. The van der Waals surface area contributed by atoms with Crippen molar-refractivity contribution in [3.63, 3.8) is 0 Å². The summed E-state index contributed by atoms with van der Waals surface area (Å²) in [5, 5.41) is 7.58.